The van der Waals surface area contributed by atoms with E-state index < -0.39 is 0 Å². The molecular weight excluding hydrogens is 196 g/mol. The SMILES string of the molecule is Cc1c(N)cccc1N(CC(C)C)C1CC1. The van der Waals surface area contributed by atoms with Gasteiger partial charge < -0.3 is 10.6 Å². The van der Waals surface area contributed by atoms with E-state index in [0.29, 0.717) is 5.92 Å². The van der Waals surface area contributed by atoms with Gasteiger partial charge in [-0.15, -0.1) is 0 Å². The minimum absolute atomic E-state index is 0.696. The molecule has 0 unspecified atom stereocenters. The van der Waals surface area contributed by atoms with Crippen molar-refractivity contribution in [3.8, 4) is 0 Å². The van der Waals surface area contributed by atoms with Gasteiger partial charge in [0.1, 0.15) is 0 Å². The zero-order valence-electron chi connectivity index (χ0n) is 10.5. The molecule has 0 amide bonds. The van der Waals surface area contributed by atoms with Crippen molar-refractivity contribution in [2.75, 3.05) is 17.2 Å². The van der Waals surface area contributed by atoms with Crippen molar-refractivity contribution >= 4 is 11.4 Å². The van der Waals surface area contributed by atoms with Crippen molar-refractivity contribution in [2.24, 2.45) is 5.92 Å². The molecule has 0 atom stereocenters. The molecule has 2 heteroatoms. The number of hydrogen-bond donors (Lipinski definition) is 1. The lowest BCUT2D eigenvalue weighted by atomic mass is 10.1. The van der Waals surface area contributed by atoms with Crippen LogP contribution in [0.3, 0.4) is 0 Å². The molecule has 1 saturated carbocycles. The molecule has 0 spiro atoms. The molecule has 1 fully saturated rings. The Kier molecular flexibility index (Phi) is 3.08. The van der Waals surface area contributed by atoms with Gasteiger partial charge in [0.25, 0.3) is 0 Å². The quantitative estimate of drug-likeness (QED) is 0.786. The van der Waals surface area contributed by atoms with Crippen LogP contribution < -0.4 is 10.6 Å². The summed E-state index contributed by atoms with van der Waals surface area (Å²) in [5.41, 5.74) is 9.45. The summed E-state index contributed by atoms with van der Waals surface area (Å²) >= 11 is 0. The number of nitrogen functional groups attached to an aromatic ring is 1. The molecule has 1 aliphatic carbocycles. The Morgan fingerprint density at radius 2 is 2.06 bits per heavy atom. The van der Waals surface area contributed by atoms with Crippen LogP contribution in [0.2, 0.25) is 0 Å². The third-order valence-electron chi connectivity index (χ3n) is 3.21. The lowest BCUT2D eigenvalue weighted by Crippen LogP contribution is -2.30. The Hall–Kier alpha value is -1.18. The fourth-order valence-electron chi connectivity index (χ4n) is 2.18. The molecule has 0 saturated heterocycles. The van der Waals surface area contributed by atoms with Crippen LogP contribution in [-0.4, -0.2) is 12.6 Å². The molecule has 0 aromatic heterocycles. The van der Waals surface area contributed by atoms with Crippen molar-refractivity contribution in [1.29, 1.82) is 0 Å². The molecule has 1 aromatic carbocycles. The highest BCUT2D eigenvalue weighted by Crippen LogP contribution is 2.35. The molecule has 0 heterocycles. The van der Waals surface area contributed by atoms with E-state index in [1.165, 1.54) is 24.1 Å². The van der Waals surface area contributed by atoms with Gasteiger partial charge in [0.15, 0.2) is 0 Å². The second kappa shape index (κ2) is 4.36. The Morgan fingerprint density at radius 3 is 2.62 bits per heavy atom. The molecule has 2 N–H and O–H groups in total. The van der Waals surface area contributed by atoms with Crippen LogP contribution in [0.4, 0.5) is 11.4 Å². The second-order valence-corrected chi connectivity index (χ2v) is 5.27. The van der Waals surface area contributed by atoms with E-state index in [-0.39, 0.29) is 0 Å². The largest absolute Gasteiger partial charge is 0.398 e. The lowest BCUT2D eigenvalue weighted by molar-refractivity contribution is 0.606. The molecule has 2 rings (SSSR count). The first kappa shape index (κ1) is 11.3. The fraction of sp³-hybridized carbons (Fsp3) is 0.571. The van der Waals surface area contributed by atoms with Crippen molar-refractivity contribution in [3.63, 3.8) is 0 Å². The number of hydrogen-bond acceptors (Lipinski definition) is 2. The third kappa shape index (κ3) is 2.31. The summed E-state index contributed by atoms with van der Waals surface area (Å²) in [6.45, 7) is 7.81. The molecule has 2 nitrogen and oxygen atoms in total. The van der Waals surface area contributed by atoms with Crippen LogP contribution >= 0.6 is 0 Å². The molecule has 0 bridgehead atoms. The van der Waals surface area contributed by atoms with E-state index in [9.17, 15) is 0 Å². The molecule has 1 aromatic rings. The van der Waals surface area contributed by atoms with Gasteiger partial charge in [-0.05, 0) is 43.4 Å². The van der Waals surface area contributed by atoms with E-state index in [1.807, 2.05) is 6.07 Å². The fourth-order valence-corrected chi connectivity index (χ4v) is 2.18. The van der Waals surface area contributed by atoms with Gasteiger partial charge in [0.2, 0.25) is 0 Å². The number of nitrogens with two attached hydrogens (primary N) is 1. The van der Waals surface area contributed by atoms with Crippen LogP contribution in [0, 0.1) is 12.8 Å². The van der Waals surface area contributed by atoms with Crippen LogP contribution in [0.1, 0.15) is 32.3 Å². The van der Waals surface area contributed by atoms with E-state index in [1.54, 1.807) is 0 Å². The van der Waals surface area contributed by atoms with E-state index >= 15 is 0 Å². The van der Waals surface area contributed by atoms with Gasteiger partial charge in [-0.3, -0.25) is 0 Å². The van der Waals surface area contributed by atoms with Crippen molar-refractivity contribution in [1.82, 2.24) is 0 Å². The summed E-state index contributed by atoms with van der Waals surface area (Å²) in [4.78, 5) is 2.54. The Morgan fingerprint density at radius 1 is 1.38 bits per heavy atom. The van der Waals surface area contributed by atoms with Crippen molar-refractivity contribution in [2.45, 2.75) is 39.7 Å². The summed E-state index contributed by atoms with van der Waals surface area (Å²) in [6.07, 6.45) is 2.67. The lowest BCUT2D eigenvalue weighted by Gasteiger charge is -2.28. The van der Waals surface area contributed by atoms with Gasteiger partial charge in [-0.1, -0.05) is 19.9 Å². The monoisotopic (exact) mass is 218 g/mol. The number of benzene rings is 1. The maximum absolute atomic E-state index is 5.98. The molecule has 1 aliphatic rings. The summed E-state index contributed by atoms with van der Waals surface area (Å²) < 4.78 is 0. The third-order valence-corrected chi connectivity index (χ3v) is 3.21. The van der Waals surface area contributed by atoms with Gasteiger partial charge in [-0.25, -0.2) is 0 Å². The average Bonchev–Trinajstić information content (AvgIpc) is 3.02. The molecule has 88 valence electrons. The highest BCUT2D eigenvalue weighted by Gasteiger charge is 2.30. The molecular formula is C14H22N2. The Balaban J connectivity index is 2.27. The second-order valence-electron chi connectivity index (χ2n) is 5.27. The summed E-state index contributed by atoms with van der Waals surface area (Å²) in [5.74, 6) is 0.696. The van der Waals surface area contributed by atoms with Crippen molar-refractivity contribution < 1.29 is 0 Å². The van der Waals surface area contributed by atoms with Crippen LogP contribution in [0.5, 0.6) is 0 Å². The minimum atomic E-state index is 0.696. The zero-order chi connectivity index (χ0) is 11.7. The Bertz CT molecular complexity index is 367. The van der Waals surface area contributed by atoms with E-state index in [2.05, 4.69) is 37.8 Å². The van der Waals surface area contributed by atoms with Crippen LogP contribution in [0.15, 0.2) is 18.2 Å². The first-order valence-electron chi connectivity index (χ1n) is 6.21. The van der Waals surface area contributed by atoms with Crippen LogP contribution in [-0.2, 0) is 0 Å². The van der Waals surface area contributed by atoms with E-state index in [0.717, 1.165) is 18.3 Å². The van der Waals surface area contributed by atoms with Gasteiger partial charge in [0.05, 0.1) is 0 Å². The predicted octanol–water partition coefficient (Wildman–Crippen LogP) is 3.20. The van der Waals surface area contributed by atoms with Gasteiger partial charge >= 0.3 is 0 Å². The predicted molar refractivity (Wildman–Crippen MR) is 70.8 cm³/mol. The van der Waals surface area contributed by atoms with Crippen molar-refractivity contribution in [3.05, 3.63) is 23.8 Å². The molecule has 0 aliphatic heterocycles. The van der Waals surface area contributed by atoms with Crippen LogP contribution in [0.25, 0.3) is 0 Å². The maximum atomic E-state index is 5.98. The topological polar surface area (TPSA) is 29.3 Å². The first-order chi connectivity index (χ1) is 7.59. The smallest absolute Gasteiger partial charge is 0.0419 e. The zero-order valence-corrected chi connectivity index (χ0v) is 10.5. The van der Waals surface area contributed by atoms with Gasteiger partial charge in [0, 0.05) is 24.0 Å². The summed E-state index contributed by atoms with van der Waals surface area (Å²) in [7, 11) is 0. The maximum Gasteiger partial charge on any atom is 0.0419 e. The van der Waals surface area contributed by atoms with Gasteiger partial charge in [-0.2, -0.15) is 0 Å². The average molecular weight is 218 g/mol. The standard InChI is InChI=1S/C14H22N2/c1-10(2)9-16(12-7-8-12)14-6-4-5-13(15)11(14)3/h4-6,10,12H,7-9,15H2,1-3H3. The molecule has 0 radical (unpaired) electrons. The van der Waals surface area contributed by atoms with E-state index in [4.69, 9.17) is 5.73 Å². The summed E-state index contributed by atoms with van der Waals surface area (Å²) in [5, 5.41) is 0. The summed E-state index contributed by atoms with van der Waals surface area (Å²) in [6, 6.07) is 7.00. The Labute approximate surface area is 98.4 Å². The highest BCUT2D eigenvalue weighted by molar-refractivity contribution is 5.65. The minimum Gasteiger partial charge on any atom is -0.398 e. The number of nitrogens with zero attached hydrogens (tertiary/aromatic N) is 1. The number of rotatable bonds is 4. The first-order valence-corrected chi connectivity index (χ1v) is 6.21. The normalized spacial score (nSPS) is 15.5. The highest BCUT2D eigenvalue weighted by atomic mass is 15.2. The molecule has 16 heavy (non-hydrogen) atoms. The number of anilines is 2.